The Morgan fingerprint density at radius 1 is 1.24 bits per heavy atom. The summed E-state index contributed by atoms with van der Waals surface area (Å²) >= 11 is 0. The van der Waals surface area contributed by atoms with Gasteiger partial charge in [0.1, 0.15) is 0 Å². The van der Waals surface area contributed by atoms with E-state index in [0.717, 1.165) is 18.4 Å². The predicted molar refractivity (Wildman–Crippen MR) is 65.2 cm³/mol. The zero-order chi connectivity index (χ0) is 11.9. The van der Waals surface area contributed by atoms with Crippen LogP contribution in [0, 0.1) is 5.41 Å². The number of aromatic carboxylic acids is 1. The van der Waals surface area contributed by atoms with E-state index in [-0.39, 0.29) is 0 Å². The van der Waals surface area contributed by atoms with Gasteiger partial charge in [-0.1, -0.05) is 12.1 Å². The van der Waals surface area contributed by atoms with Crippen LogP contribution in [0.5, 0.6) is 0 Å². The van der Waals surface area contributed by atoms with Crippen LogP contribution in [0.3, 0.4) is 0 Å². The number of hydrogen-bond acceptors (Lipinski definition) is 2. The first-order valence-electron chi connectivity index (χ1n) is 6.22. The van der Waals surface area contributed by atoms with E-state index in [1.54, 1.807) is 12.1 Å². The molecular weight excluding hydrogens is 214 g/mol. The smallest absolute Gasteiger partial charge is 0.335 e. The molecular formula is C14H17NO2. The van der Waals surface area contributed by atoms with Crippen LogP contribution in [0.25, 0.3) is 0 Å². The molecule has 90 valence electrons. The molecule has 17 heavy (non-hydrogen) atoms. The number of carboxylic acid groups (broad SMARTS) is 1. The van der Waals surface area contributed by atoms with Crippen LogP contribution in [0.1, 0.15) is 28.8 Å². The summed E-state index contributed by atoms with van der Waals surface area (Å²) in [6, 6.07) is 7.23. The molecule has 3 rings (SSSR count). The number of carboxylic acids is 1. The molecule has 1 saturated heterocycles. The first-order valence-corrected chi connectivity index (χ1v) is 6.22. The second-order valence-corrected chi connectivity index (χ2v) is 5.46. The molecule has 3 heteroatoms. The maximum Gasteiger partial charge on any atom is 0.335 e. The summed E-state index contributed by atoms with van der Waals surface area (Å²) in [6.07, 6.45) is 3.88. The molecule has 1 aromatic rings. The van der Waals surface area contributed by atoms with Crippen LogP contribution < -0.4 is 0 Å². The van der Waals surface area contributed by atoms with Gasteiger partial charge >= 0.3 is 5.97 Å². The van der Waals surface area contributed by atoms with Crippen LogP contribution in [-0.4, -0.2) is 35.6 Å². The Morgan fingerprint density at radius 2 is 1.88 bits per heavy atom. The van der Waals surface area contributed by atoms with Gasteiger partial charge in [-0.3, -0.25) is 0 Å². The molecule has 0 unspecified atom stereocenters. The van der Waals surface area contributed by atoms with Gasteiger partial charge in [-0.2, -0.15) is 0 Å². The van der Waals surface area contributed by atoms with Gasteiger partial charge in [0, 0.05) is 19.6 Å². The van der Waals surface area contributed by atoms with E-state index in [4.69, 9.17) is 5.11 Å². The van der Waals surface area contributed by atoms with Gasteiger partial charge < -0.3 is 10.0 Å². The molecule has 2 fully saturated rings. The number of carbonyl (C=O) groups is 1. The van der Waals surface area contributed by atoms with Crippen molar-refractivity contribution in [3.63, 3.8) is 0 Å². The second kappa shape index (κ2) is 3.84. The van der Waals surface area contributed by atoms with E-state index < -0.39 is 5.97 Å². The average molecular weight is 231 g/mol. The van der Waals surface area contributed by atoms with Gasteiger partial charge in [0.15, 0.2) is 0 Å². The van der Waals surface area contributed by atoms with Crippen molar-refractivity contribution >= 4 is 5.97 Å². The topological polar surface area (TPSA) is 40.5 Å². The highest BCUT2D eigenvalue weighted by atomic mass is 16.4. The van der Waals surface area contributed by atoms with E-state index in [9.17, 15) is 4.79 Å². The number of rotatable bonds is 4. The Hall–Kier alpha value is -1.35. The Morgan fingerprint density at radius 3 is 2.41 bits per heavy atom. The number of likely N-dealkylation sites (tertiary alicyclic amines) is 1. The highest BCUT2D eigenvalue weighted by Gasteiger charge is 2.51. The monoisotopic (exact) mass is 231 g/mol. The third kappa shape index (κ3) is 2.20. The summed E-state index contributed by atoms with van der Waals surface area (Å²) in [6.45, 7) is 3.66. The first-order chi connectivity index (χ1) is 8.17. The van der Waals surface area contributed by atoms with Crippen molar-refractivity contribution in [1.82, 2.24) is 4.90 Å². The fourth-order valence-electron chi connectivity index (χ4n) is 2.65. The lowest BCUT2D eigenvalue weighted by Gasteiger charge is -2.40. The third-order valence-electron chi connectivity index (χ3n) is 3.99. The highest BCUT2D eigenvalue weighted by molar-refractivity contribution is 5.87. The molecule has 3 nitrogen and oxygen atoms in total. The molecule has 0 radical (unpaired) electrons. The Kier molecular flexibility index (Phi) is 2.44. The Labute approximate surface area is 101 Å². The second-order valence-electron chi connectivity index (χ2n) is 5.46. The molecule has 2 aliphatic rings. The molecule has 1 aliphatic heterocycles. The summed E-state index contributed by atoms with van der Waals surface area (Å²) < 4.78 is 0. The minimum Gasteiger partial charge on any atom is -0.478 e. The standard InChI is InChI=1S/C14H17NO2/c16-13(17)12-3-1-11(2-4-12)5-8-15-9-14(10-15)6-7-14/h1-4H,5-10H2,(H,16,17). The van der Waals surface area contributed by atoms with Crippen LogP contribution >= 0.6 is 0 Å². The van der Waals surface area contributed by atoms with Crippen molar-refractivity contribution in [3.8, 4) is 0 Å². The van der Waals surface area contributed by atoms with Crippen LogP contribution in [-0.2, 0) is 6.42 Å². The van der Waals surface area contributed by atoms with Gasteiger partial charge in [-0.25, -0.2) is 4.79 Å². The molecule has 0 amide bonds. The van der Waals surface area contributed by atoms with Crippen LogP contribution in [0.2, 0.25) is 0 Å². The number of benzene rings is 1. The van der Waals surface area contributed by atoms with Gasteiger partial charge in [0.05, 0.1) is 5.56 Å². The molecule has 1 aromatic carbocycles. The first kappa shape index (κ1) is 10.8. The minimum absolute atomic E-state index is 0.370. The van der Waals surface area contributed by atoms with E-state index in [0.29, 0.717) is 5.56 Å². The van der Waals surface area contributed by atoms with Crippen molar-refractivity contribution in [2.45, 2.75) is 19.3 Å². The Balaban J connectivity index is 1.49. The fraction of sp³-hybridized carbons (Fsp3) is 0.500. The highest BCUT2D eigenvalue weighted by Crippen LogP contribution is 2.52. The lowest BCUT2D eigenvalue weighted by Crippen LogP contribution is -2.48. The third-order valence-corrected chi connectivity index (χ3v) is 3.99. The molecule has 1 N–H and O–H groups in total. The number of hydrogen-bond donors (Lipinski definition) is 1. The van der Waals surface area contributed by atoms with Gasteiger partial charge in [0.25, 0.3) is 0 Å². The summed E-state index contributed by atoms with van der Waals surface area (Å²) in [7, 11) is 0. The molecule has 0 atom stereocenters. The number of nitrogens with zero attached hydrogens (tertiary/aromatic N) is 1. The zero-order valence-electron chi connectivity index (χ0n) is 9.85. The van der Waals surface area contributed by atoms with Crippen molar-refractivity contribution in [2.24, 2.45) is 5.41 Å². The van der Waals surface area contributed by atoms with E-state index in [2.05, 4.69) is 4.90 Å². The summed E-state index contributed by atoms with van der Waals surface area (Å²) in [5, 5.41) is 8.80. The van der Waals surface area contributed by atoms with Gasteiger partial charge in [-0.15, -0.1) is 0 Å². The minimum atomic E-state index is -0.852. The quantitative estimate of drug-likeness (QED) is 0.862. The van der Waals surface area contributed by atoms with E-state index >= 15 is 0 Å². The Bertz CT molecular complexity index is 426. The molecule has 0 aromatic heterocycles. The lowest BCUT2D eigenvalue weighted by molar-refractivity contribution is 0.0696. The average Bonchev–Trinajstić information content (AvgIpc) is 3.05. The van der Waals surface area contributed by atoms with Crippen LogP contribution in [0.4, 0.5) is 0 Å². The fourth-order valence-corrected chi connectivity index (χ4v) is 2.65. The summed E-state index contributed by atoms with van der Waals surface area (Å²) in [5.74, 6) is -0.852. The van der Waals surface area contributed by atoms with Crippen molar-refractivity contribution in [1.29, 1.82) is 0 Å². The lowest BCUT2D eigenvalue weighted by atomic mass is 9.96. The van der Waals surface area contributed by atoms with Crippen molar-refractivity contribution in [3.05, 3.63) is 35.4 Å². The molecule has 1 heterocycles. The summed E-state index contributed by atoms with van der Waals surface area (Å²) in [4.78, 5) is 13.2. The van der Waals surface area contributed by atoms with Crippen molar-refractivity contribution in [2.75, 3.05) is 19.6 Å². The molecule has 1 aliphatic carbocycles. The predicted octanol–water partition coefficient (Wildman–Crippen LogP) is 2.02. The molecule has 1 saturated carbocycles. The van der Waals surface area contributed by atoms with Crippen molar-refractivity contribution < 1.29 is 9.90 Å². The van der Waals surface area contributed by atoms with Crippen LogP contribution in [0.15, 0.2) is 24.3 Å². The van der Waals surface area contributed by atoms with Gasteiger partial charge in [-0.05, 0) is 42.4 Å². The molecule has 0 bridgehead atoms. The zero-order valence-corrected chi connectivity index (χ0v) is 9.85. The van der Waals surface area contributed by atoms with Gasteiger partial charge in [0.2, 0.25) is 0 Å². The molecule has 1 spiro atoms. The maximum absolute atomic E-state index is 10.7. The van der Waals surface area contributed by atoms with E-state index in [1.165, 1.54) is 31.5 Å². The van der Waals surface area contributed by atoms with E-state index in [1.807, 2.05) is 12.1 Å². The SMILES string of the molecule is O=C(O)c1ccc(CCN2CC3(CC3)C2)cc1. The largest absolute Gasteiger partial charge is 0.478 e. The maximum atomic E-state index is 10.7. The normalized spacial score (nSPS) is 21.2. The summed E-state index contributed by atoms with van der Waals surface area (Å²) in [5.41, 5.74) is 2.33.